The normalized spacial score (nSPS) is 10.6. The van der Waals surface area contributed by atoms with Crippen molar-refractivity contribution in [2.75, 3.05) is 23.8 Å². The summed E-state index contributed by atoms with van der Waals surface area (Å²) in [7, 11) is 0. The highest BCUT2D eigenvalue weighted by Gasteiger charge is 2.14. The van der Waals surface area contributed by atoms with Gasteiger partial charge in [-0.25, -0.2) is 0 Å². The molecule has 2 N–H and O–H groups in total. The van der Waals surface area contributed by atoms with Crippen LogP contribution in [0.4, 0.5) is 11.4 Å². The first-order valence-corrected chi connectivity index (χ1v) is 6.39. The maximum atomic E-state index is 6.17. The Bertz CT molecular complexity index is 350. The van der Waals surface area contributed by atoms with Crippen molar-refractivity contribution in [1.82, 2.24) is 0 Å². The van der Waals surface area contributed by atoms with E-state index in [1.54, 1.807) is 0 Å². The van der Waals surface area contributed by atoms with Gasteiger partial charge >= 0.3 is 0 Å². The minimum atomic E-state index is 0.434. The molecule has 3 heteroatoms. The summed E-state index contributed by atoms with van der Waals surface area (Å²) < 4.78 is 5.65. The zero-order valence-electron chi connectivity index (χ0n) is 11.4. The molecule has 0 bridgehead atoms. The number of rotatable bonds is 6. The van der Waals surface area contributed by atoms with Crippen LogP contribution in [0, 0.1) is 0 Å². The van der Waals surface area contributed by atoms with E-state index in [1.807, 2.05) is 12.1 Å². The highest BCUT2D eigenvalue weighted by atomic mass is 16.5. The van der Waals surface area contributed by atoms with Gasteiger partial charge in [0, 0.05) is 12.6 Å². The van der Waals surface area contributed by atoms with Crippen LogP contribution < -0.4 is 15.4 Å². The van der Waals surface area contributed by atoms with Crippen molar-refractivity contribution in [3.8, 4) is 5.75 Å². The van der Waals surface area contributed by atoms with Gasteiger partial charge in [0.1, 0.15) is 5.75 Å². The second-order valence-corrected chi connectivity index (χ2v) is 4.42. The summed E-state index contributed by atoms with van der Waals surface area (Å²) in [5, 5.41) is 0. The average molecular weight is 236 g/mol. The third-order valence-corrected chi connectivity index (χ3v) is 2.78. The summed E-state index contributed by atoms with van der Waals surface area (Å²) >= 11 is 0. The molecular weight excluding hydrogens is 212 g/mol. The molecule has 0 saturated carbocycles. The van der Waals surface area contributed by atoms with Gasteiger partial charge in [0.25, 0.3) is 0 Å². The van der Waals surface area contributed by atoms with Crippen LogP contribution in [-0.2, 0) is 0 Å². The first-order valence-electron chi connectivity index (χ1n) is 6.39. The fourth-order valence-corrected chi connectivity index (χ4v) is 1.93. The number of hydrogen-bond donors (Lipinski definition) is 1. The molecule has 1 aromatic rings. The fourth-order valence-electron chi connectivity index (χ4n) is 1.93. The second kappa shape index (κ2) is 6.38. The number of para-hydroxylation sites is 1. The van der Waals surface area contributed by atoms with Crippen molar-refractivity contribution >= 4 is 11.4 Å². The average Bonchev–Trinajstić information content (AvgIpc) is 2.30. The van der Waals surface area contributed by atoms with Crippen LogP contribution in [0.25, 0.3) is 0 Å². The third-order valence-electron chi connectivity index (χ3n) is 2.78. The van der Waals surface area contributed by atoms with Crippen molar-refractivity contribution in [3.63, 3.8) is 0 Å². The Labute approximate surface area is 105 Å². The van der Waals surface area contributed by atoms with Gasteiger partial charge in [-0.05, 0) is 39.3 Å². The molecule has 1 aromatic carbocycles. The molecule has 17 heavy (non-hydrogen) atoms. The van der Waals surface area contributed by atoms with Gasteiger partial charge in [0.2, 0.25) is 0 Å². The van der Waals surface area contributed by atoms with Gasteiger partial charge in [-0.15, -0.1) is 0 Å². The number of nitrogens with two attached hydrogens (primary N) is 1. The topological polar surface area (TPSA) is 38.5 Å². The number of hydrogen-bond acceptors (Lipinski definition) is 3. The van der Waals surface area contributed by atoms with Crippen LogP contribution in [0.5, 0.6) is 5.75 Å². The summed E-state index contributed by atoms with van der Waals surface area (Å²) in [4.78, 5) is 2.27. The van der Waals surface area contributed by atoms with Crippen LogP contribution >= 0.6 is 0 Å². The van der Waals surface area contributed by atoms with Gasteiger partial charge in [0.05, 0.1) is 18.0 Å². The predicted molar refractivity (Wildman–Crippen MR) is 74.8 cm³/mol. The Hall–Kier alpha value is -1.38. The van der Waals surface area contributed by atoms with Crippen molar-refractivity contribution in [2.24, 2.45) is 0 Å². The molecule has 0 saturated heterocycles. The first kappa shape index (κ1) is 13.7. The summed E-state index contributed by atoms with van der Waals surface area (Å²) in [5.41, 5.74) is 7.98. The number of benzene rings is 1. The Kier molecular flexibility index (Phi) is 5.13. The van der Waals surface area contributed by atoms with E-state index in [1.165, 1.54) is 0 Å². The van der Waals surface area contributed by atoms with E-state index in [0.29, 0.717) is 12.6 Å². The van der Waals surface area contributed by atoms with Gasteiger partial charge in [0.15, 0.2) is 0 Å². The lowest BCUT2D eigenvalue weighted by atomic mass is 10.2. The van der Waals surface area contributed by atoms with E-state index in [0.717, 1.165) is 30.1 Å². The molecule has 0 fully saturated rings. The molecule has 0 radical (unpaired) electrons. The molecule has 1 rings (SSSR count). The van der Waals surface area contributed by atoms with Gasteiger partial charge in [-0.1, -0.05) is 13.0 Å². The smallest absolute Gasteiger partial charge is 0.144 e. The minimum Gasteiger partial charge on any atom is -0.491 e. The molecule has 0 atom stereocenters. The summed E-state index contributed by atoms with van der Waals surface area (Å²) in [6, 6.07) is 6.42. The highest BCUT2D eigenvalue weighted by Crippen LogP contribution is 2.33. The van der Waals surface area contributed by atoms with Crippen LogP contribution in [0.2, 0.25) is 0 Å². The molecule has 0 amide bonds. The molecule has 0 heterocycles. The van der Waals surface area contributed by atoms with Crippen LogP contribution in [0.15, 0.2) is 18.2 Å². The van der Waals surface area contributed by atoms with Gasteiger partial charge in [-0.3, -0.25) is 0 Å². The molecule has 0 aliphatic heterocycles. The molecule has 0 aliphatic carbocycles. The Morgan fingerprint density at radius 2 is 2.00 bits per heavy atom. The summed E-state index contributed by atoms with van der Waals surface area (Å²) in [5.74, 6) is 0.795. The van der Waals surface area contributed by atoms with Gasteiger partial charge in [-0.2, -0.15) is 0 Å². The number of anilines is 2. The molecule has 3 nitrogen and oxygen atoms in total. The third kappa shape index (κ3) is 3.29. The predicted octanol–water partition coefficient (Wildman–Crippen LogP) is 3.29. The number of nitrogen functional groups attached to an aromatic ring is 1. The van der Waals surface area contributed by atoms with Crippen molar-refractivity contribution in [1.29, 1.82) is 0 Å². The lowest BCUT2D eigenvalue weighted by Gasteiger charge is -2.29. The standard InChI is InChI=1S/C14H24N2O/c1-5-10-17-13-9-7-8-12(14(13)15)16(6-2)11(3)4/h7-9,11H,5-6,10,15H2,1-4H3. The Morgan fingerprint density at radius 1 is 1.29 bits per heavy atom. The van der Waals surface area contributed by atoms with E-state index < -0.39 is 0 Å². The largest absolute Gasteiger partial charge is 0.491 e. The van der Waals surface area contributed by atoms with Crippen LogP contribution in [0.1, 0.15) is 34.1 Å². The summed E-state index contributed by atoms with van der Waals surface area (Å²) in [6.07, 6.45) is 0.991. The zero-order chi connectivity index (χ0) is 12.8. The molecule has 0 aromatic heterocycles. The molecule has 0 spiro atoms. The monoisotopic (exact) mass is 236 g/mol. The first-order chi connectivity index (χ1) is 8.11. The van der Waals surface area contributed by atoms with E-state index in [-0.39, 0.29) is 0 Å². The van der Waals surface area contributed by atoms with E-state index in [4.69, 9.17) is 10.5 Å². The van der Waals surface area contributed by atoms with Crippen molar-refractivity contribution < 1.29 is 4.74 Å². The molecule has 0 aliphatic rings. The fraction of sp³-hybridized carbons (Fsp3) is 0.571. The maximum absolute atomic E-state index is 6.17. The Morgan fingerprint density at radius 3 is 2.53 bits per heavy atom. The second-order valence-electron chi connectivity index (χ2n) is 4.42. The highest BCUT2D eigenvalue weighted by molar-refractivity contribution is 5.74. The Balaban J connectivity index is 2.99. The van der Waals surface area contributed by atoms with E-state index >= 15 is 0 Å². The van der Waals surface area contributed by atoms with Gasteiger partial charge < -0.3 is 15.4 Å². The SMILES string of the molecule is CCCOc1cccc(N(CC)C(C)C)c1N. The number of nitrogens with zero attached hydrogens (tertiary/aromatic N) is 1. The lowest BCUT2D eigenvalue weighted by molar-refractivity contribution is 0.319. The van der Waals surface area contributed by atoms with Crippen molar-refractivity contribution in [3.05, 3.63) is 18.2 Å². The van der Waals surface area contributed by atoms with Crippen molar-refractivity contribution in [2.45, 2.75) is 40.2 Å². The minimum absolute atomic E-state index is 0.434. The molecule has 0 unspecified atom stereocenters. The van der Waals surface area contributed by atoms with E-state index in [9.17, 15) is 0 Å². The van der Waals surface area contributed by atoms with E-state index in [2.05, 4.69) is 38.7 Å². The molecule has 96 valence electrons. The lowest BCUT2D eigenvalue weighted by Crippen LogP contribution is -2.31. The molecular formula is C14H24N2O. The van der Waals surface area contributed by atoms with Crippen LogP contribution in [0.3, 0.4) is 0 Å². The summed E-state index contributed by atoms with van der Waals surface area (Å²) in [6.45, 7) is 10.2. The number of ether oxygens (including phenoxy) is 1. The quantitative estimate of drug-likeness (QED) is 0.770. The zero-order valence-corrected chi connectivity index (χ0v) is 11.4. The maximum Gasteiger partial charge on any atom is 0.144 e. The van der Waals surface area contributed by atoms with Crippen LogP contribution in [-0.4, -0.2) is 19.2 Å².